The molecule has 8 heteroatoms. The Hall–Kier alpha value is -1.41. The van der Waals surface area contributed by atoms with Crippen LogP contribution in [0.4, 0.5) is 0 Å². The molecule has 1 atom stereocenters. The quantitative estimate of drug-likeness (QED) is 0.818. The molecule has 1 rings (SSSR count). The van der Waals surface area contributed by atoms with E-state index in [1.54, 1.807) is 6.92 Å². The molecule has 0 aliphatic carbocycles. The highest BCUT2D eigenvalue weighted by Gasteiger charge is 2.31. The molecule has 19 heavy (non-hydrogen) atoms. The lowest BCUT2D eigenvalue weighted by atomic mass is 10.1. The number of nitrogens with zero attached hydrogens (tertiary/aromatic N) is 2. The fourth-order valence-electron chi connectivity index (χ4n) is 1.83. The smallest absolute Gasteiger partial charge is 0.340 e. The minimum atomic E-state index is -3.88. The van der Waals surface area contributed by atoms with E-state index in [0.29, 0.717) is 12.3 Å². The van der Waals surface area contributed by atoms with Gasteiger partial charge >= 0.3 is 5.97 Å². The van der Waals surface area contributed by atoms with Crippen molar-refractivity contribution in [3.05, 3.63) is 11.8 Å². The van der Waals surface area contributed by atoms with Gasteiger partial charge in [-0.3, -0.25) is 5.10 Å². The largest absolute Gasteiger partial charge is 0.478 e. The first-order chi connectivity index (χ1) is 8.67. The lowest BCUT2D eigenvalue weighted by molar-refractivity contribution is 0.0692. The van der Waals surface area contributed by atoms with E-state index >= 15 is 0 Å². The molecule has 0 aliphatic heterocycles. The summed E-state index contributed by atoms with van der Waals surface area (Å²) in [6.45, 7) is 5.78. The number of rotatable bonds is 6. The van der Waals surface area contributed by atoms with Crippen LogP contribution < -0.4 is 0 Å². The summed E-state index contributed by atoms with van der Waals surface area (Å²) in [4.78, 5) is 11.0. The highest BCUT2D eigenvalue weighted by atomic mass is 32.2. The van der Waals surface area contributed by atoms with Gasteiger partial charge in [-0.2, -0.15) is 9.40 Å². The van der Waals surface area contributed by atoms with Crippen LogP contribution in [0.2, 0.25) is 0 Å². The van der Waals surface area contributed by atoms with Crippen molar-refractivity contribution in [3.8, 4) is 0 Å². The summed E-state index contributed by atoms with van der Waals surface area (Å²) in [6.07, 6.45) is 1.68. The second-order valence-electron chi connectivity index (χ2n) is 4.92. The highest BCUT2D eigenvalue weighted by Crippen LogP contribution is 2.21. The van der Waals surface area contributed by atoms with Crippen molar-refractivity contribution < 1.29 is 18.3 Å². The van der Waals surface area contributed by atoms with Crippen LogP contribution in [-0.2, 0) is 10.0 Å². The van der Waals surface area contributed by atoms with Gasteiger partial charge < -0.3 is 5.11 Å². The molecule has 7 nitrogen and oxygen atoms in total. The Morgan fingerprint density at radius 2 is 2.05 bits per heavy atom. The third kappa shape index (κ3) is 3.32. The molecular formula is C11H19N3O4S. The van der Waals surface area contributed by atoms with Crippen molar-refractivity contribution >= 4 is 16.0 Å². The summed E-state index contributed by atoms with van der Waals surface area (Å²) >= 11 is 0. The second-order valence-corrected chi connectivity index (χ2v) is 6.85. The molecule has 0 aliphatic rings. The van der Waals surface area contributed by atoms with Crippen LogP contribution in [0.5, 0.6) is 0 Å². The average molecular weight is 289 g/mol. The van der Waals surface area contributed by atoms with E-state index in [0.717, 1.165) is 6.20 Å². The molecule has 0 radical (unpaired) electrons. The zero-order valence-electron chi connectivity index (χ0n) is 11.4. The number of aromatic carboxylic acids is 1. The molecule has 0 bridgehead atoms. The first-order valence-corrected chi connectivity index (χ1v) is 7.36. The predicted molar refractivity (Wildman–Crippen MR) is 69.4 cm³/mol. The molecular weight excluding hydrogens is 270 g/mol. The number of sulfonamides is 1. The average Bonchev–Trinajstić information content (AvgIpc) is 2.76. The zero-order chi connectivity index (χ0) is 14.8. The van der Waals surface area contributed by atoms with Gasteiger partial charge in [0.05, 0.1) is 6.20 Å². The van der Waals surface area contributed by atoms with Gasteiger partial charge in [-0.25, -0.2) is 13.2 Å². The van der Waals surface area contributed by atoms with E-state index < -0.39 is 16.0 Å². The molecule has 0 aromatic carbocycles. The van der Waals surface area contributed by atoms with E-state index in [1.807, 2.05) is 13.8 Å². The number of nitrogens with one attached hydrogen (secondary N) is 1. The van der Waals surface area contributed by atoms with Crippen molar-refractivity contribution in [1.82, 2.24) is 14.5 Å². The summed E-state index contributed by atoms with van der Waals surface area (Å²) in [5, 5.41) is 14.3. The minimum absolute atomic E-state index is 0.227. The highest BCUT2D eigenvalue weighted by molar-refractivity contribution is 7.89. The van der Waals surface area contributed by atoms with Gasteiger partial charge in [-0.15, -0.1) is 0 Å². The lowest BCUT2D eigenvalue weighted by Crippen LogP contribution is -2.36. The number of H-pyrrole nitrogens is 1. The first kappa shape index (κ1) is 15.6. The van der Waals surface area contributed by atoms with Crippen LogP contribution >= 0.6 is 0 Å². The molecule has 0 saturated heterocycles. The van der Waals surface area contributed by atoms with Gasteiger partial charge in [0.1, 0.15) is 5.56 Å². The van der Waals surface area contributed by atoms with Crippen LogP contribution in [0.15, 0.2) is 11.2 Å². The standard InChI is InChI=1S/C11H19N3O4S/c1-7(2)5-8(3)14(4)19(17,18)10-9(11(15)16)6-12-13-10/h6-8H,5H2,1-4H3,(H,12,13)(H,15,16). The number of aromatic amines is 1. The maximum Gasteiger partial charge on any atom is 0.340 e. The molecule has 1 unspecified atom stereocenters. The number of hydrogen-bond donors (Lipinski definition) is 2. The SMILES string of the molecule is CC(C)CC(C)N(C)S(=O)(=O)c1[nH]ncc1C(=O)O. The van der Waals surface area contributed by atoms with Crippen LogP contribution in [0.3, 0.4) is 0 Å². The molecule has 2 N–H and O–H groups in total. The van der Waals surface area contributed by atoms with Crippen molar-refractivity contribution in [3.63, 3.8) is 0 Å². The lowest BCUT2D eigenvalue weighted by Gasteiger charge is -2.25. The Labute approximate surface area is 112 Å². The molecule has 1 aromatic heterocycles. The van der Waals surface area contributed by atoms with Gasteiger partial charge in [-0.05, 0) is 19.3 Å². The first-order valence-electron chi connectivity index (χ1n) is 5.92. The summed E-state index contributed by atoms with van der Waals surface area (Å²) in [5.74, 6) is -0.981. The maximum absolute atomic E-state index is 12.3. The Morgan fingerprint density at radius 3 is 2.53 bits per heavy atom. The van der Waals surface area contributed by atoms with E-state index in [1.165, 1.54) is 11.4 Å². The normalized spacial score (nSPS) is 14.0. The Bertz CT molecular complexity index is 550. The molecule has 0 saturated carbocycles. The number of hydrogen-bond acceptors (Lipinski definition) is 4. The molecule has 0 spiro atoms. The fraction of sp³-hybridized carbons (Fsp3) is 0.636. The van der Waals surface area contributed by atoms with Crippen molar-refractivity contribution in [2.45, 2.75) is 38.3 Å². The van der Waals surface area contributed by atoms with Gasteiger partial charge in [0.25, 0.3) is 10.0 Å². The van der Waals surface area contributed by atoms with Crippen molar-refractivity contribution in [1.29, 1.82) is 0 Å². The molecule has 0 fully saturated rings. The molecule has 1 aromatic rings. The number of carboxylic acid groups (broad SMARTS) is 1. The van der Waals surface area contributed by atoms with E-state index in [2.05, 4.69) is 10.2 Å². The zero-order valence-corrected chi connectivity index (χ0v) is 12.2. The second kappa shape index (κ2) is 5.70. The molecule has 108 valence electrons. The van der Waals surface area contributed by atoms with E-state index in [9.17, 15) is 13.2 Å². The van der Waals surface area contributed by atoms with Gasteiger partial charge in [0.2, 0.25) is 0 Å². The Balaban J connectivity index is 3.10. The van der Waals surface area contributed by atoms with Crippen molar-refractivity contribution in [2.24, 2.45) is 5.92 Å². The van der Waals surface area contributed by atoms with Gasteiger partial charge in [0.15, 0.2) is 5.03 Å². The summed E-state index contributed by atoms with van der Waals surface area (Å²) in [7, 11) is -2.44. The van der Waals surface area contributed by atoms with E-state index in [-0.39, 0.29) is 16.6 Å². The maximum atomic E-state index is 12.3. The van der Waals surface area contributed by atoms with Gasteiger partial charge in [0, 0.05) is 13.1 Å². The Kier molecular flexibility index (Phi) is 4.70. The van der Waals surface area contributed by atoms with Crippen molar-refractivity contribution in [2.75, 3.05) is 7.05 Å². The summed E-state index contributed by atoms with van der Waals surface area (Å²) < 4.78 is 25.8. The summed E-state index contributed by atoms with van der Waals surface area (Å²) in [6, 6.07) is -0.227. The van der Waals surface area contributed by atoms with Crippen LogP contribution in [0.25, 0.3) is 0 Å². The molecule has 1 heterocycles. The van der Waals surface area contributed by atoms with Crippen LogP contribution in [0.1, 0.15) is 37.6 Å². The Morgan fingerprint density at radius 1 is 1.47 bits per heavy atom. The number of carbonyl (C=O) groups is 1. The third-order valence-electron chi connectivity index (χ3n) is 2.91. The van der Waals surface area contributed by atoms with E-state index in [4.69, 9.17) is 5.11 Å². The topological polar surface area (TPSA) is 103 Å². The van der Waals surface area contributed by atoms with Gasteiger partial charge in [-0.1, -0.05) is 13.8 Å². The summed E-state index contributed by atoms with van der Waals surface area (Å²) in [5.41, 5.74) is -0.344. The minimum Gasteiger partial charge on any atom is -0.478 e. The predicted octanol–water partition coefficient (Wildman–Crippen LogP) is 1.16. The number of aromatic nitrogens is 2. The monoisotopic (exact) mass is 289 g/mol. The third-order valence-corrected chi connectivity index (χ3v) is 4.85. The fourth-order valence-corrected chi connectivity index (χ4v) is 3.27. The number of carboxylic acids is 1. The molecule has 0 amide bonds. The van der Waals surface area contributed by atoms with Crippen LogP contribution in [0, 0.1) is 5.92 Å². The van der Waals surface area contributed by atoms with Crippen LogP contribution in [-0.4, -0.2) is 47.1 Å².